The molecule has 206 valence electrons. The lowest BCUT2D eigenvalue weighted by molar-refractivity contribution is -0.140. The summed E-state index contributed by atoms with van der Waals surface area (Å²) in [4.78, 5) is 30.4. The Balaban J connectivity index is 1.98. The minimum Gasteiger partial charge on any atom is -0.507 e. The number of ketones is 1. The molecule has 0 aliphatic carbocycles. The molecule has 0 radical (unpaired) electrons. The minimum absolute atomic E-state index is 0.0615. The first-order chi connectivity index (χ1) is 18.3. The average molecular weight is 527 g/mol. The first kappa shape index (κ1) is 29.2. The zero-order chi connectivity index (χ0) is 27.7. The summed E-state index contributed by atoms with van der Waals surface area (Å²) in [5.74, 6) is -2.17. The SMILES string of the molecule is CCCCN(CCCC)CCCN1C(=O)C(=O)C(=C(O)c2ccc(F)cc2)C1c1ccc(O)c(OCC)c1. The highest BCUT2D eigenvalue weighted by atomic mass is 19.1. The van der Waals surface area contributed by atoms with E-state index in [1.54, 1.807) is 19.1 Å². The van der Waals surface area contributed by atoms with Crippen molar-refractivity contribution in [3.63, 3.8) is 0 Å². The number of aliphatic hydroxyl groups is 1. The van der Waals surface area contributed by atoms with E-state index in [9.17, 15) is 24.2 Å². The van der Waals surface area contributed by atoms with Crippen LogP contribution in [0.3, 0.4) is 0 Å². The second kappa shape index (κ2) is 14.0. The maximum Gasteiger partial charge on any atom is 0.295 e. The van der Waals surface area contributed by atoms with E-state index in [1.807, 2.05) is 0 Å². The van der Waals surface area contributed by atoms with Crippen LogP contribution in [0.4, 0.5) is 4.39 Å². The fourth-order valence-electron chi connectivity index (χ4n) is 4.76. The van der Waals surface area contributed by atoms with Crippen LogP contribution in [0.1, 0.15) is 70.0 Å². The van der Waals surface area contributed by atoms with Gasteiger partial charge < -0.3 is 24.7 Å². The van der Waals surface area contributed by atoms with E-state index in [0.717, 1.165) is 45.3 Å². The summed E-state index contributed by atoms with van der Waals surface area (Å²) in [5, 5.41) is 21.4. The molecule has 3 rings (SSSR count). The van der Waals surface area contributed by atoms with Gasteiger partial charge in [0.15, 0.2) is 11.5 Å². The number of Topliss-reactive ketones (excluding diaryl/α,β-unsaturated/α-hetero) is 1. The van der Waals surface area contributed by atoms with Gasteiger partial charge in [0.1, 0.15) is 11.6 Å². The number of hydrogen-bond acceptors (Lipinski definition) is 6. The summed E-state index contributed by atoms with van der Waals surface area (Å²) in [6.07, 6.45) is 5.05. The van der Waals surface area contributed by atoms with Crippen LogP contribution < -0.4 is 4.74 Å². The summed E-state index contributed by atoms with van der Waals surface area (Å²) in [6.45, 7) is 9.49. The van der Waals surface area contributed by atoms with Gasteiger partial charge in [-0.15, -0.1) is 0 Å². The number of phenols is 1. The molecular formula is C30H39FN2O5. The zero-order valence-corrected chi connectivity index (χ0v) is 22.6. The Morgan fingerprint density at radius 2 is 1.61 bits per heavy atom. The van der Waals surface area contributed by atoms with Gasteiger partial charge in [0.05, 0.1) is 18.2 Å². The number of rotatable bonds is 14. The monoisotopic (exact) mass is 526 g/mol. The summed E-state index contributed by atoms with van der Waals surface area (Å²) in [7, 11) is 0. The first-order valence-corrected chi connectivity index (χ1v) is 13.5. The van der Waals surface area contributed by atoms with E-state index in [4.69, 9.17) is 4.74 Å². The molecule has 7 nitrogen and oxygen atoms in total. The Labute approximate surface area is 224 Å². The fourth-order valence-corrected chi connectivity index (χ4v) is 4.76. The third kappa shape index (κ3) is 6.92. The molecule has 1 heterocycles. The molecule has 8 heteroatoms. The highest BCUT2D eigenvalue weighted by Crippen LogP contribution is 2.41. The molecule has 2 aromatic carbocycles. The topological polar surface area (TPSA) is 90.3 Å². The summed E-state index contributed by atoms with van der Waals surface area (Å²) in [5.41, 5.74) is 0.704. The number of carbonyl (C=O) groups excluding carboxylic acids is 2. The van der Waals surface area contributed by atoms with Crippen LogP contribution in [0.25, 0.3) is 5.76 Å². The Morgan fingerprint density at radius 3 is 2.21 bits per heavy atom. The van der Waals surface area contributed by atoms with Gasteiger partial charge in [-0.2, -0.15) is 0 Å². The van der Waals surface area contributed by atoms with Crippen LogP contribution in [0.5, 0.6) is 11.5 Å². The van der Waals surface area contributed by atoms with Crippen LogP contribution >= 0.6 is 0 Å². The number of hydrogen-bond donors (Lipinski definition) is 2. The van der Waals surface area contributed by atoms with E-state index in [1.165, 1.54) is 35.2 Å². The van der Waals surface area contributed by atoms with Crippen molar-refractivity contribution in [2.75, 3.05) is 32.8 Å². The first-order valence-electron chi connectivity index (χ1n) is 13.5. The molecule has 1 aliphatic heterocycles. The van der Waals surface area contributed by atoms with Gasteiger partial charge in [0.2, 0.25) is 0 Å². The molecule has 1 amide bonds. The predicted octanol–water partition coefficient (Wildman–Crippen LogP) is 5.64. The van der Waals surface area contributed by atoms with Crippen molar-refractivity contribution in [2.45, 2.75) is 58.9 Å². The van der Waals surface area contributed by atoms with Crippen molar-refractivity contribution in [1.82, 2.24) is 9.80 Å². The van der Waals surface area contributed by atoms with Crippen LogP contribution in [-0.4, -0.2) is 64.5 Å². The maximum absolute atomic E-state index is 13.5. The van der Waals surface area contributed by atoms with Gasteiger partial charge >= 0.3 is 0 Å². The molecule has 1 atom stereocenters. The number of aromatic hydroxyl groups is 1. The zero-order valence-electron chi connectivity index (χ0n) is 22.6. The summed E-state index contributed by atoms with van der Waals surface area (Å²) >= 11 is 0. The van der Waals surface area contributed by atoms with Crippen LogP contribution in [0, 0.1) is 5.82 Å². The highest BCUT2D eigenvalue weighted by molar-refractivity contribution is 6.46. The molecule has 1 aliphatic rings. The number of amides is 1. The smallest absolute Gasteiger partial charge is 0.295 e. The molecule has 0 bridgehead atoms. The Hall–Kier alpha value is -3.39. The second-order valence-corrected chi connectivity index (χ2v) is 9.56. The van der Waals surface area contributed by atoms with Gasteiger partial charge in [-0.1, -0.05) is 32.8 Å². The molecule has 2 aromatic rings. The quantitative estimate of drug-likeness (QED) is 0.188. The molecule has 38 heavy (non-hydrogen) atoms. The van der Waals surface area contributed by atoms with Crippen molar-refractivity contribution < 1.29 is 28.9 Å². The normalized spacial score (nSPS) is 17.0. The van der Waals surface area contributed by atoms with Gasteiger partial charge in [-0.3, -0.25) is 9.59 Å². The van der Waals surface area contributed by atoms with Crippen molar-refractivity contribution in [2.24, 2.45) is 0 Å². The van der Waals surface area contributed by atoms with Crippen molar-refractivity contribution in [1.29, 1.82) is 0 Å². The number of ether oxygens (including phenoxy) is 1. The minimum atomic E-state index is -0.875. The van der Waals surface area contributed by atoms with Gasteiger partial charge in [-0.05, 0) is 87.8 Å². The van der Waals surface area contributed by atoms with Gasteiger partial charge in [0.25, 0.3) is 11.7 Å². The number of phenolic OH excluding ortho intramolecular Hbond substituents is 1. The lowest BCUT2D eigenvalue weighted by Crippen LogP contribution is -2.34. The molecule has 2 N–H and O–H groups in total. The number of carbonyl (C=O) groups is 2. The fraction of sp³-hybridized carbons (Fsp3) is 0.467. The third-order valence-electron chi connectivity index (χ3n) is 6.79. The van der Waals surface area contributed by atoms with Crippen molar-refractivity contribution in [3.05, 3.63) is 65.0 Å². The summed E-state index contributed by atoms with van der Waals surface area (Å²) in [6, 6.07) is 8.91. The largest absolute Gasteiger partial charge is 0.507 e. The Kier molecular flexibility index (Phi) is 10.7. The average Bonchev–Trinajstić information content (AvgIpc) is 3.16. The number of halogens is 1. The van der Waals surface area contributed by atoms with E-state index in [2.05, 4.69) is 18.7 Å². The summed E-state index contributed by atoms with van der Waals surface area (Å²) < 4.78 is 19.1. The van der Waals surface area contributed by atoms with E-state index in [0.29, 0.717) is 25.1 Å². The van der Waals surface area contributed by atoms with Crippen LogP contribution in [0.15, 0.2) is 48.0 Å². The standard InChI is InChI=1S/C30H39FN2O5/c1-4-7-16-32(17-8-5-2)18-9-19-33-27(22-12-15-24(34)25(20-22)38-6-3)26(29(36)30(33)37)28(35)21-10-13-23(31)14-11-21/h10-15,20,27,34-35H,4-9,16-19H2,1-3H3. The third-order valence-corrected chi connectivity index (χ3v) is 6.79. The number of benzene rings is 2. The Morgan fingerprint density at radius 1 is 0.974 bits per heavy atom. The van der Waals surface area contributed by atoms with E-state index >= 15 is 0 Å². The number of unbranched alkanes of at least 4 members (excludes halogenated alkanes) is 2. The molecule has 1 unspecified atom stereocenters. The van der Waals surface area contributed by atoms with Crippen LogP contribution in [0.2, 0.25) is 0 Å². The molecule has 1 saturated heterocycles. The van der Waals surface area contributed by atoms with Gasteiger partial charge in [-0.25, -0.2) is 4.39 Å². The lowest BCUT2D eigenvalue weighted by Gasteiger charge is -2.28. The molecular weight excluding hydrogens is 487 g/mol. The van der Waals surface area contributed by atoms with Crippen molar-refractivity contribution in [3.8, 4) is 11.5 Å². The maximum atomic E-state index is 13.5. The lowest BCUT2D eigenvalue weighted by atomic mass is 9.95. The number of aliphatic hydroxyl groups excluding tert-OH is 1. The van der Waals surface area contributed by atoms with Gasteiger partial charge in [0, 0.05) is 12.1 Å². The number of nitrogens with zero attached hydrogens (tertiary/aromatic N) is 2. The highest BCUT2D eigenvalue weighted by Gasteiger charge is 2.46. The molecule has 0 spiro atoms. The van der Waals surface area contributed by atoms with Crippen LogP contribution in [-0.2, 0) is 9.59 Å². The predicted molar refractivity (Wildman–Crippen MR) is 146 cm³/mol. The van der Waals surface area contributed by atoms with Crippen molar-refractivity contribution >= 4 is 17.4 Å². The molecule has 1 fully saturated rings. The van der Waals surface area contributed by atoms with E-state index < -0.39 is 23.5 Å². The molecule has 0 saturated carbocycles. The second-order valence-electron chi connectivity index (χ2n) is 9.56. The van der Waals surface area contributed by atoms with E-state index in [-0.39, 0.29) is 28.4 Å². The molecule has 0 aromatic heterocycles. The Bertz CT molecular complexity index is 1120. The number of likely N-dealkylation sites (tertiary alicyclic amines) is 1.